The zero-order valence-electron chi connectivity index (χ0n) is 18.7. The molecule has 144 valence electrons. The molecule has 3 nitrogen and oxygen atoms in total. The predicted octanol–water partition coefficient (Wildman–Crippen LogP) is 5.65. The van der Waals surface area contributed by atoms with Gasteiger partial charge in [0.2, 0.25) is 0 Å². The number of fused-ring (bicyclic) bond motifs is 1. The topological polar surface area (TPSA) is 21.1 Å². The van der Waals surface area contributed by atoms with Gasteiger partial charge in [-0.3, -0.25) is 4.90 Å². The molecule has 0 fully saturated rings. The first kappa shape index (κ1) is 20.5. The molecule has 0 amide bonds. The predicted molar refractivity (Wildman–Crippen MR) is 108 cm³/mol. The lowest BCUT2D eigenvalue weighted by molar-refractivity contribution is -0.138. The Morgan fingerprint density at radius 3 is 1.88 bits per heavy atom. The number of hydrogen-bond acceptors (Lipinski definition) is 2. The summed E-state index contributed by atoms with van der Waals surface area (Å²) >= 11 is 0. The van der Waals surface area contributed by atoms with E-state index >= 15 is 0 Å². The van der Waals surface area contributed by atoms with Gasteiger partial charge in [-0.2, -0.15) is 0 Å². The van der Waals surface area contributed by atoms with Crippen LogP contribution >= 0.6 is 0 Å². The van der Waals surface area contributed by atoms with Crippen molar-refractivity contribution in [3.8, 4) is 0 Å². The number of aromatic nitrogens is 2. The highest BCUT2D eigenvalue weighted by atomic mass is 15.3. The molecular formula is C22H41N3. The van der Waals surface area contributed by atoms with Crippen molar-refractivity contribution < 1.29 is 0 Å². The minimum Gasteiger partial charge on any atom is -0.327 e. The van der Waals surface area contributed by atoms with Crippen LogP contribution in [-0.4, -0.2) is 26.5 Å². The van der Waals surface area contributed by atoms with Crippen LogP contribution in [0.15, 0.2) is 12.5 Å². The smallest absolute Gasteiger partial charge is 0.0954 e. The molecule has 1 aromatic heterocycles. The molecule has 1 aliphatic heterocycles. The van der Waals surface area contributed by atoms with Crippen LogP contribution < -0.4 is 0 Å². The first-order valence-corrected chi connectivity index (χ1v) is 9.93. The Morgan fingerprint density at radius 2 is 1.44 bits per heavy atom. The van der Waals surface area contributed by atoms with E-state index in [1.807, 2.05) is 6.33 Å². The molecule has 0 aliphatic carbocycles. The van der Waals surface area contributed by atoms with Crippen molar-refractivity contribution in [2.75, 3.05) is 0 Å². The fourth-order valence-corrected chi connectivity index (χ4v) is 5.60. The van der Waals surface area contributed by atoms with E-state index in [1.165, 1.54) is 5.69 Å². The second-order valence-corrected chi connectivity index (χ2v) is 10.8. The summed E-state index contributed by atoms with van der Waals surface area (Å²) in [5.41, 5.74) is 1.41. The first-order chi connectivity index (χ1) is 11.1. The maximum Gasteiger partial charge on any atom is 0.0954 e. The van der Waals surface area contributed by atoms with Gasteiger partial charge in [0.15, 0.2) is 0 Å². The standard InChI is InChI=1S/C22H41N3/c1-15(2)18-19(5,6)21(9,10)22(11,12)24-14-23-13-17(24)20(7,8)25(18)16(3)4/h13-16,18H,1-12H3. The van der Waals surface area contributed by atoms with Gasteiger partial charge in [-0.05, 0) is 58.3 Å². The molecular weight excluding hydrogens is 306 g/mol. The van der Waals surface area contributed by atoms with Gasteiger partial charge in [0.1, 0.15) is 0 Å². The Balaban J connectivity index is 2.93. The van der Waals surface area contributed by atoms with Crippen molar-refractivity contribution in [2.24, 2.45) is 16.7 Å². The van der Waals surface area contributed by atoms with Gasteiger partial charge in [-0.1, -0.05) is 41.5 Å². The van der Waals surface area contributed by atoms with Gasteiger partial charge >= 0.3 is 0 Å². The van der Waals surface area contributed by atoms with Crippen LogP contribution in [0.5, 0.6) is 0 Å². The second kappa shape index (κ2) is 5.84. The van der Waals surface area contributed by atoms with Crippen LogP contribution in [0.4, 0.5) is 0 Å². The molecule has 0 saturated carbocycles. The fraction of sp³-hybridized carbons (Fsp3) is 0.864. The average Bonchev–Trinajstić information content (AvgIpc) is 2.92. The first-order valence-electron chi connectivity index (χ1n) is 9.93. The minimum absolute atomic E-state index is 0.0319. The van der Waals surface area contributed by atoms with E-state index in [1.54, 1.807) is 0 Å². The summed E-state index contributed by atoms with van der Waals surface area (Å²) in [5, 5.41) is 0. The third-order valence-electron chi connectivity index (χ3n) is 7.88. The maximum atomic E-state index is 4.59. The molecule has 1 unspecified atom stereocenters. The van der Waals surface area contributed by atoms with E-state index in [0.29, 0.717) is 18.0 Å². The van der Waals surface area contributed by atoms with Gasteiger partial charge in [0, 0.05) is 17.6 Å². The van der Waals surface area contributed by atoms with Crippen molar-refractivity contribution in [1.82, 2.24) is 14.5 Å². The fourth-order valence-electron chi connectivity index (χ4n) is 5.60. The van der Waals surface area contributed by atoms with Crippen molar-refractivity contribution in [2.45, 2.75) is 106 Å². The van der Waals surface area contributed by atoms with Crippen LogP contribution in [-0.2, 0) is 11.1 Å². The van der Waals surface area contributed by atoms with Gasteiger partial charge in [-0.25, -0.2) is 4.98 Å². The highest BCUT2D eigenvalue weighted by molar-refractivity contribution is 5.21. The zero-order valence-corrected chi connectivity index (χ0v) is 18.7. The third-order valence-corrected chi connectivity index (χ3v) is 7.88. The van der Waals surface area contributed by atoms with E-state index in [2.05, 4.69) is 104 Å². The van der Waals surface area contributed by atoms with Gasteiger partial charge in [0.05, 0.1) is 23.8 Å². The lowest BCUT2D eigenvalue weighted by Crippen LogP contribution is -2.67. The molecule has 0 aromatic carbocycles. The van der Waals surface area contributed by atoms with E-state index in [-0.39, 0.29) is 21.9 Å². The van der Waals surface area contributed by atoms with Crippen LogP contribution in [0.3, 0.4) is 0 Å². The molecule has 1 aromatic rings. The molecule has 25 heavy (non-hydrogen) atoms. The van der Waals surface area contributed by atoms with Crippen molar-refractivity contribution in [3.05, 3.63) is 18.2 Å². The Bertz CT molecular complexity index is 617. The SMILES string of the molecule is CC(C)C1N(C(C)C)C(C)(C)c2cncn2C(C)(C)C(C)(C)C1(C)C. The van der Waals surface area contributed by atoms with Crippen molar-refractivity contribution in [1.29, 1.82) is 0 Å². The van der Waals surface area contributed by atoms with E-state index < -0.39 is 0 Å². The van der Waals surface area contributed by atoms with Crippen LogP contribution in [0.1, 0.15) is 88.8 Å². The number of imidazole rings is 1. The number of nitrogens with zero attached hydrogens (tertiary/aromatic N) is 3. The Labute approximate surface area is 156 Å². The largest absolute Gasteiger partial charge is 0.327 e. The summed E-state index contributed by atoms with van der Waals surface area (Å²) in [6.45, 7) is 28.8. The summed E-state index contributed by atoms with van der Waals surface area (Å²) in [4.78, 5) is 7.34. The summed E-state index contributed by atoms with van der Waals surface area (Å²) in [6.07, 6.45) is 4.13. The van der Waals surface area contributed by atoms with Crippen LogP contribution in [0.25, 0.3) is 0 Å². The number of hydrogen-bond donors (Lipinski definition) is 0. The van der Waals surface area contributed by atoms with Gasteiger partial charge in [0.25, 0.3) is 0 Å². The molecule has 1 aliphatic rings. The summed E-state index contributed by atoms with van der Waals surface area (Å²) in [6, 6.07) is 0.933. The van der Waals surface area contributed by atoms with Crippen LogP contribution in [0.2, 0.25) is 0 Å². The molecule has 2 heterocycles. The molecule has 0 radical (unpaired) electrons. The van der Waals surface area contributed by atoms with Crippen LogP contribution in [0, 0.1) is 16.7 Å². The molecule has 1 atom stereocenters. The quantitative estimate of drug-likeness (QED) is 0.689. The number of rotatable bonds is 2. The lowest BCUT2D eigenvalue weighted by atomic mass is 9.52. The Morgan fingerprint density at radius 1 is 0.920 bits per heavy atom. The highest BCUT2D eigenvalue weighted by Crippen LogP contribution is 2.58. The second-order valence-electron chi connectivity index (χ2n) is 10.8. The van der Waals surface area contributed by atoms with E-state index in [4.69, 9.17) is 0 Å². The minimum atomic E-state index is -0.0787. The van der Waals surface area contributed by atoms with E-state index in [9.17, 15) is 0 Å². The average molecular weight is 348 g/mol. The maximum absolute atomic E-state index is 4.59. The molecule has 0 N–H and O–H groups in total. The Kier molecular flexibility index (Phi) is 4.78. The molecule has 2 rings (SSSR count). The van der Waals surface area contributed by atoms with Gasteiger partial charge < -0.3 is 4.57 Å². The Hall–Kier alpha value is -0.830. The summed E-state index contributed by atoms with van der Waals surface area (Å²) in [7, 11) is 0. The van der Waals surface area contributed by atoms with E-state index in [0.717, 1.165) is 0 Å². The zero-order chi connectivity index (χ0) is 19.6. The van der Waals surface area contributed by atoms with Crippen molar-refractivity contribution >= 4 is 0 Å². The normalized spacial score (nSPS) is 27.8. The van der Waals surface area contributed by atoms with Crippen molar-refractivity contribution in [3.63, 3.8) is 0 Å². The summed E-state index contributed by atoms with van der Waals surface area (Å²) < 4.78 is 2.45. The third kappa shape index (κ3) is 2.60. The summed E-state index contributed by atoms with van der Waals surface area (Å²) in [5.74, 6) is 0.571. The van der Waals surface area contributed by atoms with Gasteiger partial charge in [-0.15, -0.1) is 0 Å². The molecule has 0 bridgehead atoms. The highest BCUT2D eigenvalue weighted by Gasteiger charge is 2.59. The molecule has 3 heteroatoms. The molecule has 0 spiro atoms. The monoisotopic (exact) mass is 347 g/mol. The molecule has 0 saturated heterocycles. The lowest BCUT2D eigenvalue weighted by Gasteiger charge is -2.64.